The van der Waals surface area contributed by atoms with E-state index in [-0.39, 0.29) is 11.2 Å². The quantitative estimate of drug-likeness (QED) is 0.698. The van der Waals surface area contributed by atoms with Crippen LogP contribution in [0.25, 0.3) is 0 Å². The molecule has 0 aliphatic carbocycles. The second kappa shape index (κ2) is 4.77. The highest BCUT2D eigenvalue weighted by Crippen LogP contribution is 2.27. The molecule has 2 rings (SSSR count). The molecule has 0 N–H and O–H groups in total. The average Bonchev–Trinajstić information content (AvgIpc) is 2.74. The van der Waals surface area contributed by atoms with E-state index in [1.54, 1.807) is 23.5 Å². The van der Waals surface area contributed by atoms with E-state index in [1.807, 2.05) is 22.9 Å². The third kappa shape index (κ3) is 2.58. The van der Waals surface area contributed by atoms with Crippen LogP contribution in [0.1, 0.15) is 16.5 Å². The van der Waals surface area contributed by atoms with E-state index in [2.05, 4.69) is 0 Å². The third-order valence-electron chi connectivity index (χ3n) is 2.26. The zero-order valence-corrected chi connectivity index (χ0v) is 9.56. The highest BCUT2D eigenvalue weighted by atomic mass is 35.5. The molecule has 0 spiro atoms. The maximum Gasteiger partial charge on any atom is 0.126 e. The third-order valence-corrected chi connectivity index (χ3v) is 3.37. The molecule has 15 heavy (non-hydrogen) atoms. The van der Waals surface area contributed by atoms with Crippen LogP contribution in [-0.4, -0.2) is 0 Å². The molecule has 0 nitrogen and oxygen atoms in total. The van der Waals surface area contributed by atoms with E-state index in [0.29, 0.717) is 12.0 Å². The molecular weight excluding hydrogens is 231 g/mol. The van der Waals surface area contributed by atoms with Crippen LogP contribution in [0.3, 0.4) is 0 Å². The minimum Gasteiger partial charge on any atom is -0.207 e. The van der Waals surface area contributed by atoms with Crippen LogP contribution in [-0.2, 0) is 6.42 Å². The van der Waals surface area contributed by atoms with Crippen molar-refractivity contribution in [2.45, 2.75) is 11.8 Å². The Kier molecular flexibility index (Phi) is 3.39. The van der Waals surface area contributed by atoms with Crippen molar-refractivity contribution in [2.24, 2.45) is 0 Å². The Morgan fingerprint density at radius 2 is 2.07 bits per heavy atom. The monoisotopic (exact) mass is 240 g/mol. The van der Waals surface area contributed by atoms with Crippen LogP contribution >= 0.6 is 22.9 Å². The van der Waals surface area contributed by atoms with Gasteiger partial charge in [-0.2, -0.15) is 11.3 Å². The molecule has 3 heteroatoms. The maximum atomic E-state index is 13.3. The second-order valence-electron chi connectivity index (χ2n) is 3.32. The number of hydrogen-bond acceptors (Lipinski definition) is 1. The molecular formula is C12H10ClFS. The van der Waals surface area contributed by atoms with Crippen LogP contribution in [0, 0.1) is 5.82 Å². The van der Waals surface area contributed by atoms with Crippen molar-refractivity contribution < 1.29 is 4.39 Å². The van der Waals surface area contributed by atoms with Crippen LogP contribution < -0.4 is 0 Å². The van der Waals surface area contributed by atoms with Crippen molar-refractivity contribution >= 4 is 22.9 Å². The first-order valence-corrected chi connectivity index (χ1v) is 6.05. The zero-order valence-electron chi connectivity index (χ0n) is 7.99. The minimum atomic E-state index is -0.182. The standard InChI is InChI=1S/C12H10ClFS/c13-11(10-5-6-15-8-10)7-9-3-1-2-4-12(9)14/h1-6,8,11H,7H2. The van der Waals surface area contributed by atoms with Crippen molar-refractivity contribution in [3.63, 3.8) is 0 Å². The van der Waals surface area contributed by atoms with E-state index in [1.165, 1.54) is 6.07 Å². The number of hydrogen-bond donors (Lipinski definition) is 0. The van der Waals surface area contributed by atoms with Gasteiger partial charge in [0, 0.05) is 0 Å². The topological polar surface area (TPSA) is 0 Å². The fraction of sp³-hybridized carbons (Fsp3) is 0.167. The Morgan fingerprint density at radius 1 is 1.27 bits per heavy atom. The molecule has 0 amide bonds. The lowest BCUT2D eigenvalue weighted by Gasteiger charge is -2.08. The Morgan fingerprint density at radius 3 is 2.73 bits per heavy atom. The number of rotatable bonds is 3. The first kappa shape index (κ1) is 10.7. The molecule has 0 saturated carbocycles. The molecule has 1 aromatic carbocycles. The largest absolute Gasteiger partial charge is 0.207 e. The molecule has 1 atom stereocenters. The highest BCUT2D eigenvalue weighted by molar-refractivity contribution is 7.08. The molecule has 0 aliphatic heterocycles. The fourth-order valence-corrected chi connectivity index (χ4v) is 2.52. The van der Waals surface area contributed by atoms with Gasteiger partial charge < -0.3 is 0 Å². The minimum absolute atomic E-state index is 0.145. The van der Waals surface area contributed by atoms with Crippen molar-refractivity contribution in [1.82, 2.24) is 0 Å². The number of thiophene rings is 1. The summed E-state index contributed by atoms with van der Waals surface area (Å²) >= 11 is 7.80. The van der Waals surface area contributed by atoms with Crippen molar-refractivity contribution in [2.75, 3.05) is 0 Å². The van der Waals surface area contributed by atoms with E-state index < -0.39 is 0 Å². The van der Waals surface area contributed by atoms with Crippen LogP contribution in [0.15, 0.2) is 41.1 Å². The van der Waals surface area contributed by atoms with Gasteiger partial charge in [-0.15, -0.1) is 11.6 Å². The van der Waals surface area contributed by atoms with E-state index in [9.17, 15) is 4.39 Å². The number of benzene rings is 1. The lowest BCUT2D eigenvalue weighted by Crippen LogP contribution is -1.96. The summed E-state index contributed by atoms with van der Waals surface area (Å²) < 4.78 is 13.3. The van der Waals surface area contributed by atoms with Crippen LogP contribution in [0.2, 0.25) is 0 Å². The molecule has 1 aromatic heterocycles. The average molecular weight is 241 g/mol. The van der Waals surface area contributed by atoms with Crippen molar-refractivity contribution in [3.05, 3.63) is 58.0 Å². The van der Waals surface area contributed by atoms with E-state index in [4.69, 9.17) is 11.6 Å². The van der Waals surface area contributed by atoms with Gasteiger partial charge in [-0.1, -0.05) is 18.2 Å². The van der Waals surface area contributed by atoms with Gasteiger partial charge in [-0.3, -0.25) is 0 Å². The normalized spacial score (nSPS) is 12.7. The van der Waals surface area contributed by atoms with E-state index >= 15 is 0 Å². The smallest absolute Gasteiger partial charge is 0.126 e. The molecule has 0 aliphatic rings. The predicted octanol–water partition coefficient (Wildman–Crippen LogP) is 4.41. The lowest BCUT2D eigenvalue weighted by molar-refractivity contribution is 0.607. The predicted molar refractivity (Wildman–Crippen MR) is 63.0 cm³/mol. The molecule has 0 saturated heterocycles. The van der Waals surface area contributed by atoms with Gasteiger partial charge in [0.25, 0.3) is 0 Å². The maximum absolute atomic E-state index is 13.3. The van der Waals surface area contributed by atoms with Gasteiger partial charge in [0.1, 0.15) is 5.82 Å². The Hall–Kier alpha value is -0.860. The fourth-order valence-electron chi connectivity index (χ4n) is 1.43. The summed E-state index contributed by atoms with van der Waals surface area (Å²) in [5.41, 5.74) is 1.73. The summed E-state index contributed by atoms with van der Waals surface area (Å²) in [4.78, 5) is 0. The summed E-state index contributed by atoms with van der Waals surface area (Å²) in [5.74, 6) is -0.182. The molecule has 2 aromatic rings. The van der Waals surface area contributed by atoms with Gasteiger partial charge in [0.05, 0.1) is 5.38 Å². The van der Waals surface area contributed by atoms with Crippen molar-refractivity contribution in [3.8, 4) is 0 Å². The first-order chi connectivity index (χ1) is 7.27. The van der Waals surface area contributed by atoms with Gasteiger partial charge in [-0.25, -0.2) is 4.39 Å². The van der Waals surface area contributed by atoms with Gasteiger partial charge in [0.15, 0.2) is 0 Å². The lowest BCUT2D eigenvalue weighted by atomic mass is 10.1. The molecule has 0 bridgehead atoms. The summed E-state index contributed by atoms with van der Waals surface area (Å²) in [6, 6.07) is 8.73. The molecule has 1 unspecified atom stereocenters. The Bertz CT molecular complexity index is 425. The Balaban J connectivity index is 2.13. The van der Waals surface area contributed by atoms with Gasteiger partial charge >= 0.3 is 0 Å². The molecule has 0 radical (unpaired) electrons. The SMILES string of the molecule is Fc1ccccc1CC(Cl)c1ccsc1. The highest BCUT2D eigenvalue weighted by Gasteiger charge is 2.11. The van der Waals surface area contributed by atoms with Crippen molar-refractivity contribution in [1.29, 1.82) is 0 Å². The summed E-state index contributed by atoms with van der Waals surface area (Å²) in [5, 5.41) is 3.83. The second-order valence-corrected chi connectivity index (χ2v) is 4.63. The van der Waals surface area contributed by atoms with Gasteiger partial charge in [0.2, 0.25) is 0 Å². The zero-order chi connectivity index (χ0) is 10.7. The summed E-state index contributed by atoms with van der Waals surface area (Å²) in [6.45, 7) is 0. The molecule has 1 heterocycles. The molecule has 0 fully saturated rings. The summed E-state index contributed by atoms with van der Waals surface area (Å²) in [7, 11) is 0. The van der Waals surface area contributed by atoms with E-state index in [0.717, 1.165) is 5.56 Å². The summed E-state index contributed by atoms with van der Waals surface area (Å²) in [6.07, 6.45) is 0.533. The Labute approximate surface area is 97.3 Å². The first-order valence-electron chi connectivity index (χ1n) is 4.67. The number of halogens is 2. The molecule has 78 valence electrons. The number of alkyl halides is 1. The van der Waals surface area contributed by atoms with Gasteiger partial charge in [-0.05, 0) is 40.4 Å². The van der Waals surface area contributed by atoms with Crippen LogP contribution in [0.4, 0.5) is 4.39 Å². The van der Waals surface area contributed by atoms with Crippen LogP contribution in [0.5, 0.6) is 0 Å².